The number of rotatable bonds is 14. The van der Waals surface area contributed by atoms with Gasteiger partial charge in [0.05, 0.1) is 0 Å². The Balaban J connectivity index is 1.88. The highest BCUT2D eigenvalue weighted by atomic mass is 16.2. The molecule has 2 aromatic rings. The van der Waals surface area contributed by atoms with Gasteiger partial charge in [0.25, 0.3) is 0 Å². The molecule has 0 aromatic heterocycles. The molecule has 2 aromatic carbocycles. The maximum atomic E-state index is 12.7. The smallest absolute Gasteiger partial charge is 0.307 e. The molecule has 0 aliphatic heterocycles. The van der Waals surface area contributed by atoms with Gasteiger partial charge in [-0.3, -0.25) is 0 Å². The lowest BCUT2D eigenvalue weighted by molar-refractivity contribution is 0.262. The summed E-state index contributed by atoms with van der Waals surface area (Å²) in [5.74, 6) is 0. The predicted molar refractivity (Wildman–Crippen MR) is 130 cm³/mol. The highest BCUT2D eigenvalue weighted by Gasteiger charge is 2.09. The number of urea groups is 1. The zero-order valence-electron chi connectivity index (χ0n) is 19.0. The van der Waals surface area contributed by atoms with Gasteiger partial charge in [0.2, 0.25) is 0 Å². The molecule has 3 heteroatoms. The maximum Gasteiger partial charge on any atom is 0.323 e. The molecule has 0 saturated heterocycles. The number of nitrogens with one attached hydrogen (secondary N) is 2. The molecule has 164 valence electrons. The Hall–Kier alpha value is -2.29. The highest BCUT2D eigenvalue weighted by Crippen LogP contribution is 2.21. The number of aryl methyl sites for hydroxylation is 2. The van der Waals surface area contributed by atoms with Crippen molar-refractivity contribution in [2.24, 2.45) is 0 Å². The number of amides is 2. The first-order valence-electron chi connectivity index (χ1n) is 12.0. The van der Waals surface area contributed by atoms with Gasteiger partial charge in [0.15, 0.2) is 0 Å². The normalized spacial score (nSPS) is 10.7. The number of carbonyl (C=O) groups is 1. The van der Waals surface area contributed by atoms with Gasteiger partial charge in [-0.05, 0) is 48.9 Å². The summed E-state index contributed by atoms with van der Waals surface area (Å²) in [6, 6.07) is 16.2. The number of hydrogen-bond donors (Lipinski definition) is 2. The third-order valence-electron chi connectivity index (χ3n) is 5.63. The van der Waals surface area contributed by atoms with Crippen molar-refractivity contribution < 1.29 is 4.79 Å². The Labute approximate surface area is 183 Å². The number of para-hydroxylation sites is 2. The minimum atomic E-state index is -0.160. The summed E-state index contributed by atoms with van der Waals surface area (Å²) < 4.78 is 0. The molecule has 2 amide bonds. The van der Waals surface area contributed by atoms with Crippen LogP contribution in [0.5, 0.6) is 0 Å². The fourth-order valence-corrected chi connectivity index (χ4v) is 3.83. The zero-order chi connectivity index (χ0) is 21.4. The van der Waals surface area contributed by atoms with Gasteiger partial charge in [-0.25, -0.2) is 4.79 Å². The fourth-order valence-electron chi connectivity index (χ4n) is 3.83. The van der Waals surface area contributed by atoms with Crippen molar-refractivity contribution in [2.45, 2.75) is 90.9 Å². The van der Waals surface area contributed by atoms with E-state index in [0.29, 0.717) is 0 Å². The van der Waals surface area contributed by atoms with Crippen LogP contribution in [-0.2, 0) is 12.8 Å². The third kappa shape index (κ3) is 9.02. The number of hydrogen-bond acceptors (Lipinski definition) is 1. The lowest BCUT2D eigenvalue weighted by atomic mass is 10.0. The molecule has 0 bridgehead atoms. The second-order valence-corrected chi connectivity index (χ2v) is 8.22. The summed E-state index contributed by atoms with van der Waals surface area (Å²) in [6.07, 6.45) is 14.6. The number of carbonyl (C=O) groups excluding carboxylic acids is 1. The molecule has 0 atom stereocenters. The third-order valence-corrected chi connectivity index (χ3v) is 5.63. The maximum absolute atomic E-state index is 12.7. The van der Waals surface area contributed by atoms with E-state index >= 15 is 0 Å². The van der Waals surface area contributed by atoms with E-state index < -0.39 is 0 Å². The van der Waals surface area contributed by atoms with Crippen molar-refractivity contribution >= 4 is 17.4 Å². The standard InChI is InChI=1S/C27H40N2O/c1-3-5-7-9-11-17-23-19-13-15-21-25(23)28-27(30)29-26-22-16-14-20-24(26)18-12-10-8-6-4-2/h13-16,19-22H,3-12,17-18H2,1-2H3,(H2,28,29,30). The molecule has 0 saturated carbocycles. The molecular weight excluding hydrogens is 368 g/mol. The van der Waals surface area contributed by atoms with E-state index in [1.165, 1.54) is 75.3 Å². The first-order valence-corrected chi connectivity index (χ1v) is 12.0. The summed E-state index contributed by atoms with van der Waals surface area (Å²) >= 11 is 0. The predicted octanol–water partition coefficient (Wildman–Crippen LogP) is 8.36. The first kappa shape index (κ1) is 24.0. The van der Waals surface area contributed by atoms with Crippen LogP contribution in [0.25, 0.3) is 0 Å². The molecule has 0 spiro atoms. The largest absolute Gasteiger partial charge is 0.323 e. The Morgan fingerprint density at radius 1 is 0.600 bits per heavy atom. The van der Waals surface area contributed by atoms with E-state index in [9.17, 15) is 4.79 Å². The monoisotopic (exact) mass is 408 g/mol. The van der Waals surface area contributed by atoms with Crippen molar-refractivity contribution in [3.05, 3.63) is 59.7 Å². The molecular formula is C27H40N2O. The van der Waals surface area contributed by atoms with Gasteiger partial charge in [-0.1, -0.05) is 102 Å². The van der Waals surface area contributed by atoms with Crippen molar-refractivity contribution in [1.82, 2.24) is 0 Å². The van der Waals surface area contributed by atoms with Gasteiger partial charge < -0.3 is 10.6 Å². The molecule has 0 aliphatic carbocycles. The zero-order valence-corrected chi connectivity index (χ0v) is 19.0. The van der Waals surface area contributed by atoms with Crippen molar-refractivity contribution in [3.63, 3.8) is 0 Å². The molecule has 0 fully saturated rings. The SMILES string of the molecule is CCCCCCCc1ccccc1NC(=O)Nc1ccccc1CCCCCCC. The minimum Gasteiger partial charge on any atom is -0.307 e. The lowest BCUT2D eigenvalue weighted by Gasteiger charge is -2.14. The van der Waals surface area contributed by atoms with Crippen LogP contribution >= 0.6 is 0 Å². The van der Waals surface area contributed by atoms with Crippen LogP contribution < -0.4 is 10.6 Å². The molecule has 2 rings (SSSR count). The Bertz CT molecular complexity index is 680. The van der Waals surface area contributed by atoms with Crippen LogP contribution in [-0.4, -0.2) is 6.03 Å². The van der Waals surface area contributed by atoms with Crippen molar-refractivity contribution in [1.29, 1.82) is 0 Å². The highest BCUT2D eigenvalue weighted by molar-refractivity contribution is 6.00. The Morgan fingerprint density at radius 2 is 1.00 bits per heavy atom. The number of unbranched alkanes of at least 4 members (excludes halogenated alkanes) is 8. The Kier molecular flexibility index (Phi) is 11.7. The lowest BCUT2D eigenvalue weighted by Crippen LogP contribution is -2.21. The van der Waals surface area contributed by atoms with Crippen molar-refractivity contribution in [2.75, 3.05) is 10.6 Å². The molecule has 3 nitrogen and oxygen atoms in total. The topological polar surface area (TPSA) is 41.1 Å². The van der Waals surface area contributed by atoms with Crippen molar-refractivity contribution in [3.8, 4) is 0 Å². The molecule has 0 radical (unpaired) electrons. The van der Waals surface area contributed by atoms with E-state index in [1.54, 1.807) is 0 Å². The van der Waals surface area contributed by atoms with Crippen LogP contribution in [0.15, 0.2) is 48.5 Å². The van der Waals surface area contributed by atoms with Gasteiger partial charge in [0.1, 0.15) is 0 Å². The average Bonchev–Trinajstić information content (AvgIpc) is 2.75. The quantitative estimate of drug-likeness (QED) is 0.303. The molecule has 0 unspecified atom stereocenters. The van der Waals surface area contributed by atoms with E-state index in [-0.39, 0.29) is 6.03 Å². The summed E-state index contributed by atoms with van der Waals surface area (Å²) in [5.41, 5.74) is 4.27. The van der Waals surface area contributed by atoms with Gasteiger partial charge in [-0.2, -0.15) is 0 Å². The molecule has 0 heterocycles. The molecule has 2 N–H and O–H groups in total. The molecule has 0 aliphatic rings. The van der Waals surface area contributed by atoms with Crippen LogP contribution in [0, 0.1) is 0 Å². The van der Waals surface area contributed by atoms with E-state index in [0.717, 1.165) is 24.2 Å². The summed E-state index contributed by atoms with van der Waals surface area (Å²) in [4.78, 5) is 12.7. The van der Waals surface area contributed by atoms with Crippen LogP contribution in [0.1, 0.15) is 89.2 Å². The van der Waals surface area contributed by atoms with Crippen LogP contribution in [0.4, 0.5) is 16.2 Å². The van der Waals surface area contributed by atoms with Gasteiger partial charge in [0, 0.05) is 11.4 Å². The van der Waals surface area contributed by atoms with Gasteiger partial charge >= 0.3 is 6.03 Å². The summed E-state index contributed by atoms with van der Waals surface area (Å²) in [5, 5.41) is 6.14. The van der Waals surface area contributed by atoms with Gasteiger partial charge in [-0.15, -0.1) is 0 Å². The van der Waals surface area contributed by atoms with E-state index in [1.807, 2.05) is 24.3 Å². The van der Waals surface area contributed by atoms with E-state index in [2.05, 4.69) is 48.7 Å². The second-order valence-electron chi connectivity index (χ2n) is 8.22. The van der Waals surface area contributed by atoms with Crippen LogP contribution in [0.3, 0.4) is 0 Å². The average molecular weight is 409 g/mol. The fraction of sp³-hybridized carbons (Fsp3) is 0.519. The van der Waals surface area contributed by atoms with E-state index in [4.69, 9.17) is 0 Å². The first-order chi connectivity index (χ1) is 14.7. The minimum absolute atomic E-state index is 0.160. The number of anilines is 2. The number of benzene rings is 2. The summed E-state index contributed by atoms with van der Waals surface area (Å²) in [7, 11) is 0. The summed E-state index contributed by atoms with van der Waals surface area (Å²) in [6.45, 7) is 4.48. The molecule has 30 heavy (non-hydrogen) atoms. The van der Waals surface area contributed by atoms with Crippen LogP contribution in [0.2, 0.25) is 0 Å². The Morgan fingerprint density at radius 3 is 1.43 bits per heavy atom. The second kappa shape index (κ2) is 14.7.